The van der Waals surface area contributed by atoms with Crippen LogP contribution in [0.2, 0.25) is 0 Å². The first-order valence-corrected chi connectivity index (χ1v) is 10.6. The SMILES string of the molecule is COc1cc2c(c(OC3OC(CO)C(O)C(O)C3O)c1)CCC(c1ccc(O)c(OC)c1)O2. The van der Waals surface area contributed by atoms with E-state index in [1.807, 2.05) is 0 Å². The zero-order chi connectivity index (χ0) is 23.7. The van der Waals surface area contributed by atoms with E-state index in [1.165, 1.54) is 14.2 Å². The number of hydrogen-bond donors (Lipinski definition) is 5. The van der Waals surface area contributed by atoms with Gasteiger partial charge in [0.1, 0.15) is 47.8 Å². The normalized spacial score (nSPS) is 29.0. The highest BCUT2D eigenvalue weighted by Gasteiger charge is 2.45. The molecule has 1 fully saturated rings. The molecule has 6 unspecified atom stereocenters. The highest BCUT2D eigenvalue weighted by atomic mass is 16.7. The van der Waals surface area contributed by atoms with Crippen molar-refractivity contribution >= 4 is 0 Å². The number of fused-ring (bicyclic) bond motifs is 1. The second kappa shape index (κ2) is 9.62. The summed E-state index contributed by atoms with van der Waals surface area (Å²) in [7, 11) is 2.97. The van der Waals surface area contributed by atoms with Gasteiger partial charge in [0, 0.05) is 17.7 Å². The Balaban J connectivity index is 1.61. The quantitative estimate of drug-likeness (QED) is 0.413. The molecular formula is C23H28O10. The lowest BCUT2D eigenvalue weighted by atomic mass is 9.96. The number of ether oxygens (including phenoxy) is 5. The molecular weight excluding hydrogens is 436 g/mol. The van der Waals surface area contributed by atoms with Crippen LogP contribution in [0.5, 0.6) is 28.7 Å². The number of benzene rings is 2. The van der Waals surface area contributed by atoms with Crippen molar-refractivity contribution in [3.05, 3.63) is 41.5 Å². The van der Waals surface area contributed by atoms with Gasteiger partial charge >= 0.3 is 0 Å². The smallest absolute Gasteiger partial charge is 0.229 e. The lowest BCUT2D eigenvalue weighted by Crippen LogP contribution is -2.60. The maximum atomic E-state index is 10.3. The maximum absolute atomic E-state index is 10.3. The summed E-state index contributed by atoms with van der Waals surface area (Å²) in [5, 5.41) is 49.7. The number of aliphatic hydroxyl groups is 4. The second-order valence-electron chi connectivity index (χ2n) is 7.99. The molecule has 2 heterocycles. The van der Waals surface area contributed by atoms with Crippen LogP contribution in [-0.2, 0) is 11.2 Å². The van der Waals surface area contributed by atoms with E-state index in [4.69, 9.17) is 23.7 Å². The van der Waals surface area contributed by atoms with Crippen LogP contribution in [0, 0.1) is 0 Å². The molecule has 10 heteroatoms. The van der Waals surface area contributed by atoms with Gasteiger partial charge in [0.15, 0.2) is 11.5 Å². The fourth-order valence-corrected chi connectivity index (χ4v) is 4.08. The van der Waals surface area contributed by atoms with E-state index in [-0.39, 0.29) is 11.9 Å². The van der Waals surface area contributed by atoms with Crippen molar-refractivity contribution in [1.82, 2.24) is 0 Å². The molecule has 0 spiro atoms. The molecule has 6 atom stereocenters. The molecule has 5 N–H and O–H groups in total. The molecule has 0 saturated carbocycles. The number of aliphatic hydroxyl groups excluding tert-OH is 4. The Kier molecular flexibility index (Phi) is 6.82. The van der Waals surface area contributed by atoms with E-state index >= 15 is 0 Å². The number of methoxy groups -OCH3 is 2. The summed E-state index contributed by atoms with van der Waals surface area (Å²) in [5.41, 5.74) is 1.55. The molecule has 33 heavy (non-hydrogen) atoms. The van der Waals surface area contributed by atoms with Crippen molar-refractivity contribution in [2.75, 3.05) is 20.8 Å². The van der Waals surface area contributed by atoms with Crippen molar-refractivity contribution in [1.29, 1.82) is 0 Å². The lowest BCUT2D eigenvalue weighted by Gasteiger charge is -2.40. The van der Waals surface area contributed by atoms with E-state index < -0.39 is 37.3 Å². The zero-order valence-corrected chi connectivity index (χ0v) is 18.2. The van der Waals surface area contributed by atoms with Crippen LogP contribution < -0.4 is 18.9 Å². The fourth-order valence-electron chi connectivity index (χ4n) is 4.08. The van der Waals surface area contributed by atoms with Crippen molar-refractivity contribution < 1.29 is 49.2 Å². The Labute approximate surface area is 190 Å². The summed E-state index contributed by atoms with van der Waals surface area (Å²) in [5.74, 6) is 1.67. The van der Waals surface area contributed by atoms with Gasteiger partial charge in [-0.1, -0.05) is 6.07 Å². The zero-order valence-electron chi connectivity index (χ0n) is 18.2. The number of aromatic hydroxyl groups is 1. The van der Waals surface area contributed by atoms with Crippen molar-refractivity contribution in [3.63, 3.8) is 0 Å². The fraction of sp³-hybridized carbons (Fsp3) is 0.478. The van der Waals surface area contributed by atoms with E-state index in [9.17, 15) is 25.5 Å². The van der Waals surface area contributed by atoms with Gasteiger partial charge in [0.2, 0.25) is 6.29 Å². The summed E-state index contributed by atoms with van der Waals surface area (Å²) in [6.45, 7) is -0.554. The Morgan fingerprint density at radius 2 is 1.76 bits per heavy atom. The van der Waals surface area contributed by atoms with Crippen molar-refractivity contribution in [2.45, 2.75) is 49.7 Å². The molecule has 0 aromatic heterocycles. The van der Waals surface area contributed by atoms with Crippen LogP contribution in [0.1, 0.15) is 23.7 Å². The molecule has 4 rings (SSSR count). The monoisotopic (exact) mass is 464 g/mol. The lowest BCUT2D eigenvalue weighted by molar-refractivity contribution is -0.277. The molecule has 2 aliphatic heterocycles. The summed E-state index contributed by atoms with van der Waals surface area (Å²) in [4.78, 5) is 0. The molecule has 2 aliphatic rings. The predicted molar refractivity (Wildman–Crippen MR) is 114 cm³/mol. The number of phenolic OH excluding ortho intramolecular Hbond substituents is 1. The third kappa shape index (κ3) is 4.53. The van der Waals surface area contributed by atoms with Gasteiger partial charge in [-0.15, -0.1) is 0 Å². The van der Waals surface area contributed by atoms with Crippen molar-refractivity contribution in [3.8, 4) is 28.7 Å². The first-order chi connectivity index (χ1) is 15.9. The second-order valence-corrected chi connectivity index (χ2v) is 7.99. The standard InChI is InChI=1S/C23H28O10/c1-29-12-8-16-13(4-6-15(31-16)11-3-5-14(25)18(7-11)30-2)17(9-12)32-23-22(28)21(27)20(26)19(10-24)33-23/h3,5,7-9,15,19-28H,4,6,10H2,1-2H3. The number of hydrogen-bond acceptors (Lipinski definition) is 10. The maximum Gasteiger partial charge on any atom is 0.229 e. The van der Waals surface area contributed by atoms with Crippen LogP contribution in [0.15, 0.2) is 30.3 Å². The van der Waals surface area contributed by atoms with Gasteiger partial charge in [-0.2, -0.15) is 0 Å². The van der Waals surface area contributed by atoms with Gasteiger partial charge in [-0.05, 0) is 30.5 Å². The summed E-state index contributed by atoms with van der Waals surface area (Å²) in [6, 6.07) is 8.37. The van der Waals surface area contributed by atoms with Gasteiger partial charge in [0.25, 0.3) is 0 Å². The molecule has 2 aromatic rings. The van der Waals surface area contributed by atoms with Crippen LogP contribution in [0.3, 0.4) is 0 Å². The molecule has 0 aliphatic carbocycles. The first kappa shape index (κ1) is 23.4. The van der Waals surface area contributed by atoms with Crippen LogP contribution in [0.4, 0.5) is 0 Å². The largest absolute Gasteiger partial charge is 0.504 e. The molecule has 10 nitrogen and oxygen atoms in total. The highest BCUT2D eigenvalue weighted by Crippen LogP contribution is 2.44. The summed E-state index contributed by atoms with van der Waals surface area (Å²) in [6.07, 6.45) is -6.12. The molecule has 0 amide bonds. The van der Waals surface area contributed by atoms with Gasteiger partial charge in [-0.25, -0.2) is 0 Å². The molecule has 0 radical (unpaired) electrons. The Hall–Kier alpha value is -2.76. The first-order valence-electron chi connectivity index (χ1n) is 10.6. The Morgan fingerprint density at radius 3 is 2.45 bits per heavy atom. The van der Waals surface area contributed by atoms with E-state index in [1.54, 1.807) is 30.3 Å². The van der Waals surface area contributed by atoms with Gasteiger partial charge in [-0.3, -0.25) is 0 Å². The predicted octanol–water partition coefficient (Wildman–Crippen LogP) is 0.654. The van der Waals surface area contributed by atoms with E-state index in [0.29, 0.717) is 35.8 Å². The molecule has 0 bridgehead atoms. The molecule has 180 valence electrons. The number of phenols is 1. The Bertz CT molecular complexity index is 978. The minimum atomic E-state index is -1.55. The van der Waals surface area contributed by atoms with Crippen LogP contribution in [0.25, 0.3) is 0 Å². The van der Waals surface area contributed by atoms with E-state index in [2.05, 4.69) is 0 Å². The molecule has 2 aromatic carbocycles. The van der Waals surface area contributed by atoms with Gasteiger partial charge in [0.05, 0.1) is 20.8 Å². The molecule has 1 saturated heterocycles. The minimum Gasteiger partial charge on any atom is -0.504 e. The third-order valence-electron chi connectivity index (χ3n) is 5.97. The minimum absolute atomic E-state index is 0.0364. The average molecular weight is 464 g/mol. The third-order valence-corrected chi connectivity index (χ3v) is 5.97. The van der Waals surface area contributed by atoms with Crippen LogP contribution in [-0.4, -0.2) is 77.1 Å². The number of rotatable bonds is 6. The summed E-state index contributed by atoms with van der Waals surface area (Å²) < 4.78 is 28.1. The topological polar surface area (TPSA) is 147 Å². The highest BCUT2D eigenvalue weighted by molar-refractivity contribution is 5.52. The van der Waals surface area contributed by atoms with E-state index in [0.717, 1.165) is 11.1 Å². The average Bonchev–Trinajstić information content (AvgIpc) is 2.84. The Morgan fingerprint density at radius 1 is 0.970 bits per heavy atom. The van der Waals surface area contributed by atoms with Crippen LogP contribution >= 0.6 is 0 Å². The van der Waals surface area contributed by atoms with Crippen molar-refractivity contribution in [2.24, 2.45) is 0 Å². The summed E-state index contributed by atoms with van der Waals surface area (Å²) >= 11 is 0. The van der Waals surface area contributed by atoms with Gasteiger partial charge < -0.3 is 49.2 Å².